The molecule has 0 aromatic heterocycles. The van der Waals surface area contributed by atoms with Crippen LogP contribution in [-0.2, 0) is 10.0 Å². The Morgan fingerprint density at radius 3 is 2.83 bits per heavy atom. The monoisotopic (exact) mass is 335 g/mol. The highest BCUT2D eigenvalue weighted by molar-refractivity contribution is 7.89. The Balaban J connectivity index is 2.19. The van der Waals surface area contributed by atoms with Crippen LogP contribution in [0.1, 0.15) is 16.8 Å². The van der Waals surface area contributed by atoms with Crippen molar-refractivity contribution in [1.29, 1.82) is 0 Å². The fourth-order valence-corrected chi connectivity index (χ4v) is 3.43. The van der Waals surface area contributed by atoms with Crippen LogP contribution in [0.15, 0.2) is 29.2 Å². The number of benzene rings is 1. The summed E-state index contributed by atoms with van der Waals surface area (Å²) in [5.74, 6) is 2.08. The molecule has 1 aliphatic heterocycles. The van der Waals surface area contributed by atoms with Gasteiger partial charge < -0.3 is 9.80 Å². The second-order valence-corrected chi connectivity index (χ2v) is 7.27. The molecule has 1 aromatic rings. The van der Waals surface area contributed by atoms with E-state index in [0.29, 0.717) is 18.7 Å². The molecule has 1 heterocycles. The number of carbonyl (C=O) groups excluding carboxylic acids is 1. The molecular weight excluding hydrogens is 314 g/mol. The lowest BCUT2D eigenvalue weighted by Crippen LogP contribution is -2.34. The molecule has 0 radical (unpaired) electrons. The summed E-state index contributed by atoms with van der Waals surface area (Å²) in [4.78, 5) is 16.6. The normalized spacial score (nSPS) is 16.6. The topological polar surface area (TPSA) is 69.7 Å². The Labute approximate surface area is 137 Å². The molecule has 2 rings (SSSR count). The van der Waals surface area contributed by atoms with Gasteiger partial charge in [-0.05, 0) is 38.2 Å². The van der Waals surface area contributed by atoms with Gasteiger partial charge in [-0.1, -0.05) is 12.0 Å². The zero-order valence-corrected chi connectivity index (χ0v) is 14.0. The summed E-state index contributed by atoms with van der Waals surface area (Å²) in [6, 6.07) is 6.06. The smallest absolute Gasteiger partial charge is 0.253 e. The summed E-state index contributed by atoms with van der Waals surface area (Å²) in [5, 5.41) is 0. The lowest BCUT2D eigenvalue weighted by atomic mass is 10.2. The molecule has 0 atom stereocenters. The zero-order chi connectivity index (χ0) is 16.9. The number of amides is 1. The van der Waals surface area contributed by atoms with Crippen LogP contribution in [0.3, 0.4) is 0 Å². The highest BCUT2D eigenvalue weighted by atomic mass is 32.2. The predicted octanol–water partition coefficient (Wildman–Crippen LogP) is 0.376. The fourth-order valence-electron chi connectivity index (χ4n) is 2.45. The van der Waals surface area contributed by atoms with Crippen LogP contribution in [0.4, 0.5) is 0 Å². The molecule has 23 heavy (non-hydrogen) atoms. The van der Waals surface area contributed by atoms with Gasteiger partial charge >= 0.3 is 0 Å². The Bertz CT molecular complexity index is 710. The molecule has 0 bridgehead atoms. The molecule has 6 nitrogen and oxygen atoms in total. The Morgan fingerprint density at radius 1 is 1.30 bits per heavy atom. The highest BCUT2D eigenvalue weighted by Crippen LogP contribution is 2.14. The fraction of sp³-hybridized carbons (Fsp3) is 0.438. The van der Waals surface area contributed by atoms with E-state index in [1.165, 1.54) is 12.1 Å². The minimum absolute atomic E-state index is 0.0468. The first-order valence-corrected chi connectivity index (χ1v) is 8.93. The maximum atomic E-state index is 12.6. The van der Waals surface area contributed by atoms with Crippen LogP contribution in [0, 0.1) is 12.3 Å². The van der Waals surface area contributed by atoms with Gasteiger partial charge in [0, 0.05) is 25.2 Å². The molecular formula is C16H21N3O3S. The van der Waals surface area contributed by atoms with Crippen molar-refractivity contribution in [2.45, 2.75) is 11.3 Å². The van der Waals surface area contributed by atoms with Gasteiger partial charge in [-0.3, -0.25) is 4.79 Å². The van der Waals surface area contributed by atoms with Crippen molar-refractivity contribution in [1.82, 2.24) is 14.5 Å². The van der Waals surface area contributed by atoms with Crippen LogP contribution in [0.5, 0.6) is 0 Å². The van der Waals surface area contributed by atoms with Crippen LogP contribution in [0.25, 0.3) is 0 Å². The number of sulfonamides is 1. The number of carbonyl (C=O) groups is 1. The van der Waals surface area contributed by atoms with Gasteiger partial charge in [0.15, 0.2) is 0 Å². The summed E-state index contributed by atoms with van der Waals surface area (Å²) in [6.07, 6.45) is 5.98. The van der Waals surface area contributed by atoms with Crippen molar-refractivity contribution in [3.05, 3.63) is 29.8 Å². The van der Waals surface area contributed by atoms with Crippen molar-refractivity contribution < 1.29 is 13.2 Å². The van der Waals surface area contributed by atoms with Crippen LogP contribution in [-0.4, -0.2) is 63.9 Å². The molecule has 1 fully saturated rings. The first kappa shape index (κ1) is 17.5. The van der Waals surface area contributed by atoms with E-state index in [1.807, 2.05) is 7.05 Å². The van der Waals surface area contributed by atoms with Gasteiger partial charge in [0.1, 0.15) is 0 Å². The number of nitrogens with zero attached hydrogens (tertiary/aromatic N) is 2. The molecule has 0 saturated carbocycles. The average Bonchev–Trinajstić information content (AvgIpc) is 2.77. The summed E-state index contributed by atoms with van der Waals surface area (Å²) in [7, 11) is -1.67. The van der Waals surface area contributed by atoms with Crippen molar-refractivity contribution in [3.8, 4) is 12.3 Å². The molecule has 124 valence electrons. The maximum absolute atomic E-state index is 12.6. The van der Waals surface area contributed by atoms with Crippen molar-refractivity contribution >= 4 is 15.9 Å². The summed E-state index contributed by atoms with van der Waals surface area (Å²) >= 11 is 0. The molecule has 0 aliphatic carbocycles. The highest BCUT2D eigenvalue weighted by Gasteiger charge is 2.21. The van der Waals surface area contributed by atoms with Crippen molar-refractivity contribution in [2.24, 2.45) is 0 Å². The van der Waals surface area contributed by atoms with Gasteiger partial charge in [-0.2, -0.15) is 4.72 Å². The Kier molecular flexibility index (Phi) is 5.77. The molecule has 7 heteroatoms. The van der Waals surface area contributed by atoms with E-state index < -0.39 is 10.0 Å². The van der Waals surface area contributed by atoms with Gasteiger partial charge in [0.05, 0.1) is 11.4 Å². The largest absolute Gasteiger partial charge is 0.337 e. The molecule has 1 saturated heterocycles. The van der Waals surface area contributed by atoms with Crippen molar-refractivity contribution in [3.63, 3.8) is 0 Å². The third-order valence-corrected chi connectivity index (χ3v) is 5.16. The number of hydrogen-bond donors (Lipinski definition) is 1. The van der Waals surface area contributed by atoms with Gasteiger partial charge in [-0.15, -0.1) is 6.42 Å². The van der Waals surface area contributed by atoms with E-state index in [-0.39, 0.29) is 17.3 Å². The molecule has 1 N–H and O–H groups in total. The molecule has 0 spiro atoms. The Hall–Kier alpha value is -1.88. The van der Waals surface area contributed by atoms with E-state index in [0.717, 1.165) is 19.5 Å². The summed E-state index contributed by atoms with van der Waals surface area (Å²) in [6.45, 7) is 3.00. The van der Waals surface area contributed by atoms with Gasteiger partial charge in [0.25, 0.3) is 5.91 Å². The summed E-state index contributed by atoms with van der Waals surface area (Å²) in [5.41, 5.74) is 0.373. The van der Waals surface area contributed by atoms with E-state index in [4.69, 9.17) is 6.42 Å². The maximum Gasteiger partial charge on any atom is 0.253 e. The molecule has 1 aliphatic rings. The standard InChI is InChI=1S/C16H21N3O3S/c1-3-8-17-23(21,22)15-7-4-6-14(13-15)16(20)19-10-5-9-18(2)11-12-19/h1,4,6-7,13,17H,5,8-12H2,2H3. The zero-order valence-electron chi connectivity index (χ0n) is 13.2. The van der Waals surface area contributed by atoms with E-state index in [1.54, 1.807) is 17.0 Å². The number of terminal acetylenes is 1. The van der Waals surface area contributed by atoms with Crippen LogP contribution in [0.2, 0.25) is 0 Å². The molecule has 1 amide bonds. The second-order valence-electron chi connectivity index (χ2n) is 5.51. The van der Waals surface area contributed by atoms with E-state index in [9.17, 15) is 13.2 Å². The number of hydrogen-bond acceptors (Lipinski definition) is 4. The minimum atomic E-state index is -3.70. The van der Waals surface area contributed by atoms with E-state index in [2.05, 4.69) is 15.5 Å². The van der Waals surface area contributed by atoms with Gasteiger partial charge in [0.2, 0.25) is 10.0 Å². The van der Waals surface area contributed by atoms with Gasteiger partial charge in [-0.25, -0.2) is 8.42 Å². The number of rotatable bonds is 4. The van der Waals surface area contributed by atoms with Crippen molar-refractivity contribution in [2.75, 3.05) is 39.8 Å². The van der Waals surface area contributed by atoms with Crippen LogP contribution >= 0.6 is 0 Å². The quantitative estimate of drug-likeness (QED) is 0.808. The SMILES string of the molecule is C#CCNS(=O)(=O)c1cccc(C(=O)N2CCCN(C)CC2)c1. The summed E-state index contributed by atoms with van der Waals surface area (Å²) < 4.78 is 26.5. The first-order valence-electron chi connectivity index (χ1n) is 7.45. The average molecular weight is 335 g/mol. The van der Waals surface area contributed by atoms with E-state index >= 15 is 0 Å². The third kappa shape index (κ3) is 4.55. The third-order valence-electron chi connectivity index (χ3n) is 3.76. The first-order chi connectivity index (χ1) is 10.9. The minimum Gasteiger partial charge on any atom is -0.337 e. The number of likely N-dealkylation sites (N-methyl/N-ethyl adjacent to an activating group) is 1. The lowest BCUT2D eigenvalue weighted by Gasteiger charge is -2.20. The number of nitrogens with one attached hydrogen (secondary N) is 1. The molecule has 1 aromatic carbocycles. The lowest BCUT2D eigenvalue weighted by molar-refractivity contribution is 0.0762. The van der Waals surface area contributed by atoms with Crippen LogP contribution < -0.4 is 4.72 Å². The Morgan fingerprint density at radius 2 is 2.09 bits per heavy atom. The second kappa shape index (κ2) is 7.59. The molecule has 0 unspecified atom stereocenters. The predicted molar refractivity (Wildman–Crippen MR) is 88.5 cm³/mol.